The first-order valence-corrected chi connectivity index (χ1v) is 5.31. The Bertz CT molecular complexity index is 571. The van der Waals surface area contributed by atoms with E-state index in [1.807, 2.05) is 42.8 Å². The summed E-state index contributed by atoms with van der Waals surface area (Å²) < 4.78 is 1.84. The van der Waals surface area contributed by atoms with Gasteiger partial charge >= 0.3 is 17.1 Å². The fraction of sp³-hybridized carbons (Fsp3) is 0.200. The molecule has 0 saturated carbocycles. The van der Waals surface area contributed by atoms with Crippen LogP contribution < -0.4 is 0 Å². The van der Waals surface area contributed by atoms with E-state index in [1.165, 1.54) is 0 Å². The third-order valence-electron chi connectivity index (χ3n) is 1.88. The maximum Gasteiger partial charge on any atom is 2.00 e. The summed E-state index contributed by atoms with van der Waals surface area (Å²) in [5.74, 6) is 0.869. The molecule has 0 saturated heterocycles. The van der Waals surface area contributed by atoms with Crippen molar-refractivity contribution >= 4 is 0 Å². The van der Waals surface area contributed by atoms with Crippen molar-refractivity contribution in [3.05, 3.63) is 72.5 Å². The molecule has 0 fully saturated rings. The summed E-state index contributed by atoms with van der Waals surface area (Å²) in [7, 11) is 0. The van der Waals surface area contributed by atoms with E-state index in [4.69, 9.17) is 30.6 Å². The second-order valence-electron chi connectivity index (χ2n) is 3.47. The molecule has 11 nitrogen and oxygen atoms in total. The first-order valence-electron chi connectivity index (χ1n) is 5.31. The molecule has 0 aliphatic rings. The van der Waals surface area contributed by atoms with Crippen LogP contribution in [0.2, 0.25) is 0 Å². The van der Waals surface area contributed by atoms with E-state index < -0.39 is 10.2 Å². The molecular formula is C10H11CuN5O6. The summed E-state index contributed by atoms with van der Waals surface area (Å²) in [6.45, 7) is 4.00. The van der Waals surface area contributed by atoms with Crippen molar-refractivity contribution in [1.82, 2.24) is 14.8 Å². The normalized spacial score (nSPS) is 8.27. The predicted molar refractivity (Wildman–Crippen MR) is 71.6 cm³/mol. The Balaban J connectivity index is 0. The van der Waals surface area contributed by atoms with Gasteiger partial charge in [0.1, 0.15) is 0 Å². The molecule has 123 valence electrons. The number of rotatable bonds is 1. The molecule has 0 amide bonds. The van der Waals surface area contributed by atoms with Crippen LogP contribution in [0.25, 0.3) is 5.82 Å². The molecular weight excluding hydrogens is 350 g/mol. The van der Waals surface area contributed by atoms with Gasteiger partial charge in [0.05, 0.1) is 15.9 Å². The standard InChI is InChI=1S/C10H11N3.Cu.2NO3/c1-8-7-9(2)13(12-8)10-5-3-4-6-11-10;;2*2-1(3)4/h3-7H,1-2H3;;;/q;+2;2*-1. The fourth-order valence-corrected chi connectivity index (χ4v) is 1.34. The van der Waals surface area contributed by atoms with Crippen LogP contribution in [0.15, 0.2) is 30.5 Å². The Hall–Kier alpha value is -2.72. The van der Waals surface area contributed by atoms with Crippen LogP contribution in [-0.4, -0.2) is 24.9 Å². The van der Waals surface area contributed by atoms with Gasteiger partial charge in [0.25, 0.3) is 0 Å². The van der Waals surface area contributed by atoms with Crippen molar-refractivity contribution in [3.63, 3.8) is 0 Å². The van der Waals surface area contributed by atoms with Gasteiger partial charge < -0.3 is 30.6 Å². The predicted octanol–water partition coefficient (Wildman–Crippen LogP) is 1.40. The van der Waals surface area contributed by atoms with Crippen molar-refractivity contribution in [2.45, 2.75) is 13.8 Å². The van der Waals surface area contributed by atoms with Gasteiger partial charge in [-0.25, -0.2) is 9.67 Å². The Morgan fingerprint density at radius 1 is 1.05 bits per heavy atom. The molecule has 0 aliphatic heterocycles. The van der Waals surface area contributed by atoms with E-state index in [9.17, 15) is 0 Å². The third-order valence-corrected chi connectivity index (χ3v) is 1.88. The second kappa shape index (κ2) is 11.0. The SMILES string of the molecule is Cc1cc(C)n(-c2ccccn2)n1.O=[N+]([O-])[O-].O=[N+]([O-])[O-].[Cu+2]. The molecule has 2 aromatic rings. The van der Waals surface area contributed by atoms with Gasteiger partial charge in [-0.2, -0.15) is 5.10 Å². The van der Waals surface area contributed by atoms with Gasteiger partial charge in [-0.15, -0.1) is 0 Å². The number of pyridine rings is 1. The molecule has 0 spiro atoms. The van der Waals surface area contributed by atoms with Gasteiger partial charge in [0, 0.05) is 11.9 Å². The molecule has 2 rings (SSSR count). The van der Waals surface area contributed by atoms with Crippen LogP contribution in [0.4, 0.5) is 0 Å². The smallest absolute Gasteiger partial charge is 0.356 e. The fourth-order valence-electron chi connectivity index (χ4n) is 1.34. The van der Waals surface area contributed by atoms with E-state index >= 15 is 0 Å². The average Bonchev–Trinajstić information content (AvgIpc) is 2.68. The molecule has 2 aromatic heterocycles. The first kappa shape index (κ1) is 21.6. The van der Waals surface area contributed by atoms with Gasteiger partial charge in [-0.05, 0) is 32.0 Å². The molecule has 0 unspecified atom stereocenters. The van der Waals surface area contributed by atoms with Crippen LogP contribution >= 0.6 is 0 Å². The Labute approximate surface area is 134 Å². The van der Waals surface area contributed by atoms with E-state index in [0.29, 0.717) is 0 Å². The molecule has 1 radical (unpaired) electrons. The summed E-state index contributed by atoms with van der Waals surface area (Å²) in [4.78, 5) is 20.7. The van der Waals surface area contributed by atoms with Crippen molar-refractivity contribution < 1.29 is 27.2 Å². The van der Waals surface area contributed by atoms with Crippen LogP contribution in [-0.2, 0) is 17.1 Å². The summed E-state index contributed by atoms with van der Waals surface area (Å²) in [5, 5.41) is 33.8. The van der Waals surface area contributed by atoms with Crippen LogP contribution in [0.3, 0.4) is 0 Å². The largest absolute Gasteiger partial charge is 2.00 e. The number of aryl methyl sites for hydroxylation is 2. The minimum atomic E-state index is -1.75. The second-order valence-corrected chi connectivity index (χ2v) is 3.47. The third kappa shape index (κ3) is 10.1. The quantitative estimate of drug-likeness (QED) is 0.418. The van der Waals surface area contributed by atoms with Gasteiger partial charge in [-0.3, -0.25) is 0 Å². The summed E-state index contributed by atoms with van der Waals surface area (Å²) in [6.07, 6.45) is 1.77. The molecule has 0 N–H and O–H groups in total. The zero-order chi connectivity index (χ0) is 16.4. The summed E-state index contributed by atoms with van der Waals surface area (Å²) >= 11 is 0. The zero-order valence-corrected chi connectivity index (χ0v) is 12.3. The van der Waals surface area contributed by atoms with Crippen LogP contribution in [0.5, 0.6) is 0 Å². The first-order chi connectivity index (χ1) is 9.73. The Morgan fingerprint density at radius 3 is 1.86 bits per heavy atom. The molecule has 2 heterocycles. The summed E-state index contributed by atoms with van der Waals surface area (Å²) in [6, 6.07) is 7.84. The van der Waals surface area contributed by atoms with Crippen molar-refractivity contribution in [2.24, 2.45) is 0 Å². The maximum atomic E-state index is 8.25. The zero-order valence-electron chi connectivity index (χ0n) is 11.4. The number of aromatic nitrogens is 3. The maximum absolute atomic E-state index is 8.25. The van der Waals surface area contributed by atoms with Gasteiger partial charge in [-0.1, -0.05) is 6.07 Å². The monoisotopic (exact) mass is 360 g/mol. The van der Waals surface area contributed by atoms with Crippen LogP contribution in [0.1, 0.15) is 11.4 Å². The van der Waals surface area contributed by atoms with Crippen molar-refractivity contribution in [2.75, 3.05) is 0 Å². The Kier molecular flexibility index (Phi) is 10.8. The Morgan fingerprint density at radius 2 is 1.55 bits per heavy atom. The molecule has 0 bridgehead atoms. The van der Waals surface area contributed by atoms with Gasteiger partial charge in [0.2, 0.25) is 0 Å². The van der Waals surface area contributed by atoms with Crippen LogP contribution in [0, 0.1) is 44.5 Å². The summed E-state index contributed by atoms with van der Waals surface area (Å²) in [5.41, 5.74) is 2.12. The number of hydrogen-bond acceptors (Lipinski definition) is 8. The molecule has 22 heavy (non-hydrogen) atoms. The van der Waals surface area contributed by atoms with Crippen molar-refractivity contribution in [1.29, 1.82) is 0 Å². The van der Waals surface area contributed by atoms with E-state index in [-0.39, 0.29) is 17.1 Å². The van der Waals surface area contributed by atoms with E-state index in [2.05, 4.69) is 10.1 Å². The minimum absolute atomic E-state index is 0. The number of hydrogen-bond donors (Lipinski definition) is 0. The molecule has 0 atom stereocenters. The molecule has 0 aliphatic carbocycles. The molecule has 0 aromatic carbocycles. The molecule has 12 heteroatoms. The topological polar surface area (TPSA) is 163 Å². The van der Waals surface area contributed by atoms with Crippen molar-refractivity contribution in [3.8, 4) is 5.82 Å². The minimum Gasteiger partial charge on any atom is -0.356 e. The van der Waals surface area contributed by atoms with Gasteiger partial charge in [0.15, 0.2) is 5.82 Å². The average molecular weight is 361 g/mol. The number of nitrogens with zero attached hydrogens (tertiary/aromatic N) is 5. The van der Waals surface area contributed by atoms with E-state index in [1.54, 1.807) is 6.20 Å². The van der Waals surface area contributed by atoms with E-state index in [0.717, 1.165) is 17.2 Å².